The summed E-state index contributed by atoms with van der Waals surface area (Å²) < 4.78 is 14.1. The van der Waals surface area contributed by atoms with Crippen LogP contribution in [0.5, 0.6) is 0 Å². The molecule has 0 amide bonds. The molecule has 0 spiro atoms. The maximum Gasteiger partial charge on any atom is 0.303 e. The molecule has 1 aliphatic carbocycles. The highest BCUT2D eigenvalue weighted by atomic mass is 19.1. The molecular formula is C14H17FO2. The number of fused-ring (bicyclic) bond motifs is 1. The van der Waals surface area contributed by atoms with E-state index in [0.29, 0.717) is 18.4 Å². The Labute approximate surface area is 100 Å². The molecule has 1 aliphatic rings. The number of aryl methyl sites for hydroxylation is 2. The van der Waals surface area contributed by atoms with Crippen molar-refractivity contribution in [3.8, 4) is 0 Å². The summed E-state index contributed by atoms with van der Waals surface area (Å²) in [5.74, 6) is -0.907. The van der Waals surface area contributed by atoms with Gasteiger partial charge >= 0.3 is 5.97 Å². The van der Waals surface area contributed by atoms with Gasteiger partial charge in [-0.25, -0.2) is 4.39 Å². The topological polar surface area (TPSA) is 37.3 Å². The number of carboxylic acid groups (broad SMARTS) is 1. The quantitative estimate of drug-likeness (QED) is 0.872. The van der Waals surface area contributed by atoms with E-state index >= 15 is 0 Å². The van der Waals surface area contributed by atoms with Crippen LogP contribution in [0.1, 0.15) is 42.4 Å². The van der Waals surface area contributed by atoms with E-state index in [9.17, 15) is 9.18 Å². The van der Waals surface area contributed by atoms with Crippen molar-refractivity contribution in [3.05, 3.63) is 34.6 Å². The summed E-state index contributed by atoms with van der Waals surface area (Å²) in [7, 11) is 0. The highest BCUT2D eigenvalue weighted by molar-refractivity contribution is 5.66. The molecule has 0 unspecified atom stereocenters. The molecule has 0 saturated heterocycles. The standard InChI is InChI=1S/C14H17FO2/c15-14-11(5-3-7-13(16)17)9-8-10-4-1-2-6-12(10)14/h8-9H,1-7H2,(H,16,17). The minimum atomic E-state index is -0.816. The van der Waals surface area contributed by atoms with Crippen LogP contribution in [0.2, 0.25) is 0 Å². The van der Waals surface area contributed by atoms with Gasteiger partial charge in [0, 0.05) is 6.42 Å². The van der Waals surface area contributed by atoms with Gasteiger partial charge in [0.25, 0.3) is 0 Å². The molecule has 0 heterocycles. The van der Waals surface area contributed by atoms with Crippen LogP contribution in [0.15, 0.2) is 12.1 Å². The van der Waals surface area contributed by atoms with Gasteiger partial charge in [-0.3, -0.25) is 4.79 Å². The third-order valence-electron chi connectivity index (χ3n) is 3.38. The minimum absolute atomic E-state index is 0.0902. The Balaban J connectivity index is 2.10. The van der Waals surface area contributed by atoms with E-state index in [1.165, 1.54) is 0 Å². The Kier molecular flexibility index (Phi) is 3.77. The Bertz CT molecular complexity index is 426. The Morgan fingerprint density at radius 3 is 2.82 bits per heavy atom. The largest absolute Gasteiger partial charge is 0.481 e. The van der Waals surface area contributed by atoms with E-state index in [1.54, 1.807) is 0 Å². The smallest absolute Gasteiger partial charge is 0.303 e. The van der Waals surface area contributed by atoms with Gasteiger partial charge < -0.3 is 5.11 Å². The SMILES string of the molecule is O=C(O)CCCc1ccc2c(c1F)CCCC2. The fourth-order valence-corrected chi connectivity index (χ4v) is 2.45. The summed E-state index contributed by atoms with van der Waals surface area (Å²) in [6.07, 6.45) is 5.13. The lowest BCUT2D eigenvalue weighted by Gasteiger charge is -2.18. The molecule has 1 N–H and O–H groups in total. The second-order valence-electron chi connectivity index (χ2n) is 4.63. The third kappa shape index (κ3) is 2.84. The predicted octanol–water partition coefficient (Wildman–Crippen LogP) is 3.11. The van der Waals surface area contributed by atoms with Gasteiger partial charge in [-0.05, 0) is 55.2 Å². The highest BCUT2D eigenvalue weighted by Crippen LogP contribution is 2.26. The summed E-state index contributed by atoms with van der Waals surface area (Å²) >= 11 is 0. The molecule has 3 heteroatoms. The zero-order valence-electron chi connectivity index (χ0n) is 9.84. The van der Waals surface area contributed by atoms with Gasteiger partial charge in [0.1, 0.15) is 5.82 Å². The van der Waals surface area contributed by atoms with Gasteiger partial charge in [-0.15, -0.1) is 0 Å². The van der Waals surface area contributed by atoms with Crippen molar-refractivity contribution in [3.63, 3.8) is 0 Å². The van der Waals surface area contributed by atoms with E-state index in [-0.39, 0.29) is 12.2 Å². The molecule has 2 rings (SSSR count). The van der Waals surface area contributed by atoms with Crippen LogP contribution in [0.25, 0.3) is 0 Å². The lowest BCUT2D eigenvalue weighted by Crippen LogP contribution is -2.08. The second kappa shape index (κ2) is 5.30. The molecule has 0 aromatic heterocycles. The summed E-state index contributed by atoms with van der Waals surface area (Å²) in [5.41, 5.74) is 2.67. The Morgan fingerprint density at radius 1 is 1.29 bits per heavy atom. The number of aliphatic carboxylic acids is 1. The van der Waals surface area contributed by atoms with Crippen LogP contribution in [-0.4, -0.2) is 11.1 Å². The predicted molar refractivity (Wildman–Crippen MR) is 63.6 cm³/mol. The van der Waals surface area contributed by atoms with Gasteiger partial charge in [0.05, 0.1) is 0 Å². The molecule has 0 aliphatic heterocycles. The van der Waals surface area contributed by atoms with Gasteiger partial charge in [0.2, 0.25) is 0 Å². The molecule has 92 valence electrons. The number of hydrogen-bond donors (Lipinski definition) is 1. The van der Waals surface area contributed by atoms with Gasteiger partial charge in [-0.2, -0.15) is 0 Å². The number of rotatable bonds is 4. The fourth-order valence-electron chi connectivity index (χ4n) is 2.45. The normalized spacial score (nSPS) is 14.4. The van der Waals surface area contributed by atoms with Crippen LogP contribution in [-0.2, 0) is 24.1 Å². The minimum Gasteiger partial charge on any atom is -0.481 e. The van der Waals surface area contributed by atoms with E-state index in [2.05, 4.69) is 0 Å². The summed E-state index contributed by atoms with van der Waals surface area (Å²) in [6.45, 7) is 0. The number of halogens is 1. The first-order chi connectivity index (χ1) is 8.18. The van der Waals surface area contributed by atoms with Crippen LogP contribution in [0.3, 0.4) is 0 Å². The number of carboxylic acids is 1. The van der Waals surface area contributed by atoms with Gasteiger partial charge in [-0.1, -0.05) is 12.1 Å². The van der Waals surface area contributed by atoms with Crippen molar-refractivity contribution in [2.45, 2.75) is 44.9 Å². The summed E-state index contributed by atoms with van der Waals surface area (Å²) in [5, 5.41) is 8.56. The monoisotopic (exact) mass is 236 g/mol. The number of hydrogen-bond acceptors (Lipinski definition) is 1. The van der Waals surface area contributed by atoms with Crippen molar-refractivity contribution < 1.29 is 14.3 Å². The molecule has 0 radical (unpaired) electrons. The Hall–Kier alpha value is -1.38. The third-order valence-corrected chi connectivity index (χ3v) is 3.38. The average Bonchev–Trinajstić information content (AvgIpc) is 2.32. The summed E-state index contributed by atoms with van der Waals surface area (Å²) in [4.78, 5) is 10.4. The molecular weight excluding hydrogens is 219 g/mol. The molecule has 0 fully saturated rings. The first-order valence-corrected chi connectivity index (χ1v) is 6.19. The van der Waals surface area contributed by atoms with E-state index < -0.39 is 5.97 Å². The first-order valence-electron chi connectivity index (χ1n) is 6.19. The lowest BCUT2D eigenvalue weighted by atomic mass is 9.89. The molecule has 0 atom stereocenters. The second-order valence-corrected chi connectivity index (χ2v) is 4.63. The van der Waals surface area contributed by atoms with Crippen molar-refractivity contribution in [1.29, 1.82) is 0 Å². The average molecular weight is 236 g/mol. The zero-order chi connectivity index (χ0) is 12.3. The van der Waals surface area contributed by atoms with E-state index in [4.69, 9.17) is 5.11 Å². The van der Waals surface area contributed by atoms with Crippen molar-refractivity contribution in [2.24, 2.45) is 0 Å². The molecule has 1 aromatic carbocycles. The van der Waals surface area contributed by atoms with Crippen molar-refractivity contribution in [2.75, 3.05) is 0 Å². The molecule has 0 bridgehead atoms. The van der Waals surface area contributed by atoms with Crippen molar-refractivity contribution in [1.82, 2.24) is 0 Å². The highest BCUT2D eigenvalue weighted by Gasteiger charge is 2.16. The molecule has 17 heavy (non-hydrogen) atoms. The van der Waals surface area contributed by atoms with Crippen LogP contribution in [0.4, 0.5) is 4.39 Å². The van der Waals surface area contributed by atoms with Crippen LogP contribution in [0, 0.1) is 5.82 Å². The van der Waals surface area contributed by atoms with E-state index in [1.807, 2.05) is 12.1 Å². The van der Waals surface area contributed by atoms with Crippen LogP contribution < -0.4 is 0 Å². The lowest BCUT2D eigenvalue weighted by molar-refractivity contribution is -0.137. The molecule has 2 nitrogen and oxygen atoms in total. The number of carbonyl (C=O) groups is 1. The zero-order valence-corrected chi connectivity index (χ0v) is 9.84. The van der Waals surface area contributed by atoms with Crippen molar-refractivity contribution >= 4 is 5.97 Å². The maximum absolute atomic E-state index is 14.1. The molecule has 0 saturated carbocycles. The first kappa shape index (κ1) is 12.1. The van der Waals surface area contributed by atoms with Gasteiger partial charge in [0.15, 0.2) is 0 Å². The molecule has 1 aromatic rings. The van der Waals surface area contributed by atoms with Crippen LogP contribution >= 0.6 is 0 Å². The number of benzene rings is 1. The maximum atomic E-state index is 14.1. The van der Waals surface area contributed by atoms with E-state index in [0.717, 1.165) is 36.8 Å². The summed E-state index contributed by atoms with van der Waals surface area (Å²) in [6, 6.07) is 3.83. The fraction of sp³-hybridized carbons (Fsp3) is 0.500. The Morgan fingerprint density at radius 2 is 2.06 bits per heavy atom.